The monoisotopic (exact) mass is 680 g/mol. The van der Waals surface area contributed by atoms with E-state index in [4.69, 9.17) is 24.5 Å². The number of pyridine rings is 1. The van der Waals surface area contributed by atoms with Gasteiger partial charge in [-0.15, -0.1) is 0 Å². The first-order chi connectivity index (χ1) is 20.1. The van der Waals surface area contributed by atoms with Gasteiger partial charge in [-0.05, 0) is 51.8 Å². The molecule has 5 N–H and O–H groups in total. The summed E-state index contributed by atoms with van der Waals surface area (Å²) < 4.78 is 70.2. The molecule has 2 heterocycles. The van der Waals surface area contributed by atoms with Gasteiger partial charge >= 0.3 is 24.3 Å². The Morgan fingerprint density at radius 2 is 1.51 bits per heavy atom. The molecule has 10 nitrogen and oxygen atoms in total. The first kappa shape index (κ1) is 35.0. The molecule has 4 aromatic rings. The van der Waals surface area contributed by atoms with E-state index in [2.05, 4.69) is 36.2 Å². The number of imidazole rings is 1. The van der Waals surface area contributed by atoms with Crippen molar-refractivity contribution < 1.29 is 56.0 Å². The van der Waals surface area contributed by atoms with Crippen molar-refractivity contribution in [2.24, 2.45) is 0 Å². The fourth-order valence-electron chi connectivity index (χ4n) is 3.09. The first-order valence-electron chi connectivity index (χ1n) is 11.9. The van der Waals surface area contributed by atoms with Gasteiger partial charge in [0.2, 0.25) is 0 Å². The van der Waals surface area contributed by atoms with E-state index in [9.17, 15) is 31.4 Å². The minimum absolute atomic E-state index is 0.0433. The zero-order valence-electron chi connectivity index (χ0n) is 21.7. The minimum atomic E-state index is -5.08. The smallest absolute Gasteiger partial charge is 0.490 e. The van der Waals surface area contributed by atoms with E-state index < -0.39 is 24.3 Å². The molecule has 0 radical (unpaired) electrons. The summed E-state index contributed by atoms with van der Waals surface area (Å²) in [6, 6.07) is 19.5. The van der Waals surface area contributed by atoms with Gasteiger partial charge in [0.05, 0.1) is 12.6 Å². The summed E-state index contributed by atoms with van der Waals surface area (Å²) in [4.78, 5) is 29.9. The number of ether oxygens (including phenoxy) is 1. The van der Waals surface area contributed by atoms with E-state index in [-0.39, 0.29) is 12.6 Å². The number of carboxylic acid groups (broad SMARTS) is 2. The number of nitrogens with zero attached hydrogens (tertiary/aromatic N) is 2. The molecule has 17 heteroatoms. The minimum Gasteiger partial charge on any atom is -0.492 e. The lowest BCUT2D eigenvalue weighted by atomic mass is 10.1. The molecule has 4 rings (SSSR count). The number of alkyl halides is 6. The van der Waals surface area contributed by atoms with Gasteiger partial charge in [0.25, 0.3) is 0 Å². The van der Waals surface area contributed by atoms with Crippen LogP contribution < -0.4 is 10.1 Å². The maximum Gasteiger partial charge on any atom is 0.490 e. The fraction of sp³-hybridized carbons (Fsp3) is 0.231. The number of aliphatic hydroxyl groups excluding tert-OH is 1. The number of nitrogens with one attached hydrogen (secondary N) is 2. The Morgan fingerprint density at radius 3 is 2.02 bits per heavy atom. The second-order valence-electron chi connectivity index (χ2n) is 8.19. The summed E-state index contributed by atoms with van der Waals surface area (Å²) in [7, 11) is 0. The summed E-state index contributed by atoms with van der Waals surface area (Å²) in [6.07, 6.45) is -8.42. The molecule has 43 heavy (non-hydrogen) atoms. The van der Waals surface area contributed by atoms with E-state index in [1.165, 1.54) is 0 Å². The highest BCUT2D eigenvalue weighted by molar-refractivity contribution is 9.10. The van der Waals surface area contributed by atoms with Gasteiger partial charge in [0.1, 0.15) is 23.7 Å². The Bertz CT molecular complexity index is 1440. The lowest BCUT2D eigenvalue weighted by Gasteiger charge is -2.17. The van der Waals surface area contributed by atoms with E-state index >= 15 is 0 Å². The third-order valence-corrected chi connectivity index (χ3v) is 5.50. The number of rotatable bonds is 8. The molecule has 232 valence electrons. The normalized spacial score (nSPS) is 11.9. The Kier molecular flexibility index (Phi) is 12.9. The van der Waals surface area contributed by atoms with Crippen LogP contribution in [0, 0.1) is 0 Å². The summed E-state index contributed by atoms with van der Waals surface area (Å²) in [5.74, 6) is -3.96. The molecule has 0 fully saturated rings. The molecule has 0 saturated heterocycles. The van der Waals surface area contributed by atoms with Crippen molar-refractivity contribution in [1.29, 1.82) is 0 Å². The topological polar surface area (TPSA) is 158 Å². The molecule has 0 bridgehead atoms. The molecule has 0 unspecified atom stereocenters. The van der Waals surface area contributed by atoms with Crippen molar-refractivity contribution in [3.63, 3.8) is 0 Å². The van der Waals surface area contributed by atoms with Crippen LogP contribution in [0.2, 0.25) is 0 Å². The van der Waals surface area contributed by atoms with Crippen molar-refractivity contribution in [2.45, 2.75) is 18.4 Å². The number of benzene rings is 2. The highest BCUT2D eigenvalue weighted by atomic mass is 79.9. The maximum absolute atomic E-state index is 10.6. The zero-order valence-corrected chi connectivity index (χ0v) is 23.2. The molecular formula is C26H23BrF6N4O6. The van der Waals surface area contributed by atoms with Crippen LogP contribution in [0.1, 0.15) is 11.6 Å². The van der Waals surface area contributed by atoms with Crippen LogP contribution in [-0.2, 0) is 9.59 Å². The van der Waals surface area contributed by atoms with Gasteiger partial charge in [0, 0.05) is 22.8 Å². The van der Waals surface area contributed by atoms with Gasteiger partial charge in [0.15, 0.2) is 5.65 Å². The number of aromatic nitrogens is 3. The largest absolute Gasteiger partial charge is 0.492 e. The zero-order chi connectivity index (χ0) is 32.2. The third kappa shape index (κ3) is 11.9. The number of hydrogen-bond acceptors (Lipinski definition) is 7. The van der Waals surface area contributed by atoms with Crippen LogP contribution in [0.15, 0.2) is 71.3 Å². The van der Waals surface area contributed by atoms with Crippen LogP contribution in [0.5, 0.6) is 5.75 Å². The van der Waals surface area contributed by atoms with Crippen molar-refractivity contribution >= 4 is 39.0 Å². The molecule has 2 aromatic carbocycles. The predicted molar refractivity (Wildman–Crippen MR) is 144 cm³/mol. The van der Waals surface area contributed by atoms with Crippen LogP contribution in [0.4, 0.5) is 26.3 Å². The number of fused-ring (bicyclic) bond motifs is 1. The number of carboxylic acids is 2. The highest BCUT2D eigenvalue weighted by Crippen LogP contribution is 2.23. The molecule has 0 spiro atoms. The maximum atomic E-state index is 10.6. The molecule has 1 atom stereocenters. The highest BCUT2D eigenvalue weighted by Gasteiger charge is 2.38. The molecule has 0 aliphatic carbocycles. The van der Waals surface area contributed by atoms with Gasteiger partial charge in [-0.25, -0.2) is 19.6 Å². The molecule has 0 aliphatic heterocycles. The van der Waals surface area contributed by atoms with E-state index in [1.54, 1.807) is 6.20 Å². The number of H-pyrrole nitrogens is 1. The van der Waals surface area contributed by atoms with E-state index in [0.717, 1.165) is 38.3 Å². The SMILES string of the molecule is O=C(O)C(F)(F)F.O=C(O)C(F)(F)F.OC[C@@H](NCCOc1ccc(-c2nc3cc(Br)cnc3[nH]2)cc1)c1ccccc1. The first-order valence-corrected chi connectivity index (χ1v) is 12.6. The van der Waals surface area contributed by atoms with Crippen LogP contribution in [0.25, 0.3) is 22.6 Å². The van der Waals surface area contributed by atoms with Crippen LogP contribution >= 0.6 is 15.9 Å². The second-order valence-corrected chi connectivity index (χ2v) is 9.10. The van der Waals surface area contributed by atoms with Crippen LogP contribution in [0.3, 0.4) is 0 Å². The Hall–Kier alpha value is -4.22. The van der Waals surface area contributed by atoms with Crippen molar-refractivity contribution in [2.75, 3.05) is 19.8 Å². The lowest BCUT2D eigenvalue weighted by Crippen LogP contribution is -2.28. The van der Waals surface area contributed by atoms with Gasteiger partial charge in [-0.3, -0.25) is 0 Å². The lowest BCUT2D eigenvalue weighted by molar-refractivity contribution is -0.193. The second kappa shape index (κ2) is 15.9. The summed E-state index contributed by atoms with van der Waals surface area (Å²) >= 11 is 3.41. The molecule has 0 aliphatic rings. The number of carbonyl (C=O) groups is 2. The Morgan fingerprint density at radius 1 is 0.953 bits per heavy atom. The molecule has 0 saturated carbocycles. The fourth-order valence-corrected chi connectivity index (χ4v) is 3.41. The Balaban J connectivity index is 0.000000384. The molecule has 2 aromatic heterocycles. The van der Waals surface area contributed by atoms with Gasteiger partial charge in [-0.2, -0.15) is 26.3 Å². The number of aromatic amines is 1. The van der Waals surface area contributed by atoms with E-state index in [1.807, 2.05) is 60.7 Å². The number of hydrogen-bond donors (Lipinski definition) is 5. The van der Waals surface area contributed by atoms with E-state index in [0.29, 0.717) is 13.2 Å². The van der Waals surface area contributed by atoms with Crippen molar-refractivity contribution in [1.82, 2.24) is 20.3 Å². The number of halogens is 7. The Labute approximate surface area is 247 Å². The summed E-state index contributed by atoms with van der Waals surface area (Å²) in [5, 5.41) is 27.1. The third-order valence-electron chi connectivity index (χ3n) is 5.06. The molecular weight excluding hydrogens is 658 g/mol. The summed E-state index contributed by atoms with van der Waals surface area (Å²) in [6.45, 7) is 1.18. The van der Waals surface area contributed by atoms with Gasteiger partial charge in [-0.1, -0.05) is 30.3 Å². The standard InChI is InChI=1S/C22H21BrN4O2.2C2HF3O2/c23-17-12-19-22(25-13-17)27-21(26-19)16-6-8-18(9-7-16)29-11-10-24-20(14-28)15-4-2-1-3-5-15;2*3-2(4,5)1(6)7/h1-9,12-13,20,24,28H,10-11,14H2,(H,25,26,27);2*(H,6,7)/t20-;;/m1../s1. The van der Waals surface area contributed by atoms with Crippen molar-refractivity contribution in [3.8, 4) is 17.1 Å². The average Bonchev–Trinajstić information content (AvgIpc) is 3.37. The summed E-state index contributed by atoms with van der Waals surface area (Å²) in [5.41, 5.74) is 3.60. The average molecular weight is 681 g/mol. The van der Waals surface area contributed by atoms with Crippen LogP contribution in [-0.4, -0.2) is 74.3 Å². The van der Waals surface area contributed by atoms with Crippen molar-refractivity contribution in [3.05, 3.63) is 76.9 Å². The van der Waals surface area contributed by atoms with Gasteiger partial charge < -0.3 is 30.4 Å². The quantitative estimate of drug-likeness (QED) is 0.122. The predicted octanol–water partition coefficient (Wildman–Crippen LogP) is 5.36. The number of aliphatic hydroxyl groups is 1. The number of aliphatic carboxylic acids is 2. The molecule has 0 amide bonds.